The Bertz CT molecular complexity index is 1250. The fraction of sp³-hybridized carbons (Fsp3) is 0.417. The minimum absolute atomic E-state index is 0.0279. The van der Waals surface area contributed by atoms with Gasteiger partial charge in [0, 0.05) is 36.0 Å². The van der Waals surface area contributed by atoms with E-state index in [1.54, 1.807) is 0 Å². The van der Waals surface area contributed by atoms with E-state index in [4.69, 9.17) is 5.10 Å². The molecular formula is C24H28N6O. The molecule has 5 rings (SSSR count). The number of benzene rings is 1. The predicted octanol–water partition coefficient (Wildman–Crippen LogP) is 4.13. The second-order valence-electron chi connectivity index (χ2n) is 9.34. The van der Waals surface area contributed by atoms with Gasteiger partial charge in [0.15, 0.2) is 5.65 Å². The summed E-state index contributed by atoms with van der Waals surface area (Å²) < 4.78 is 3.85. The van der Waals surface area contributed by atoms with Crippen LogP contribution in [-0.2, 0) is 16.8 Å². The zero-order valence-electron chi connectivity index (χ0n) is 18.3. The number of aryl methyl sites for hydroxylation is 1. The molecular weight excluding hydrogens is 388 g/mol. The molecule has 1 aliphatic heterocycles. The van der Waals surface area contributed by atoms with Crippen LogP contribution in [0.1, 0.15) is 57.5 Å². The molecule has 0 radical (unpaired) electrons. The van der Waals surface area contributed by atoms with Crippen molar-refractivity contribution in [1.82, 2.24) is 29.3 Å². The number of hydrogen-bond donors (Lipinski definition) is 0. The van der Waals surface area contributed by atoms with Crippen molar-refractivity contribution in [1.29, 1.82) is 0 Å². The maximum absolute atomic E-state index is 13.2. The van der Waals surface area contributed by atoms with Gasteiger partial charge in [0.05, 0.1) is 35.7 Å². The Balaban J connectivity index is 1.38. The summed E-state index contributed by atoms with van der Waals surface area (Å²) in [6.07, 6.45) is 6.06. The number of fused-ring (bicyclic) bond motifs is 2. The van der Waals surface area contributed by atoms with Gasteiger partial charge >= 0.3 is 0 Å². The van der Waals surface area contributed by atoms with Crippen LogP contribution in [0.4, 0.5) is 0 Å². The molecule has 0 saturated carbocycles. The molecule has 0 bridgehead atoms. The number of hydrogen-bond acceptors (Lipinski definition) is 4. The van der Waals surface area contributed by atoms with Crippen LogP contribution in [-0.4, -0.2) is 41.7 Å². The summed E-state index contributed by atoms with van der Waals surface area (Å²) in [5, 5.41) is 10.4. The maximum atomic E-state index is 13.2. The quantitative estimate of drug-likeness (QED) is 0.502. The molecule has 4 aromatic rings. The standard InChI is InChI=1S/C24H28N6O/c1-24(2,3)21-15-22-25-12-10-20(30(22)27-21)19-9-6-13-28(19)23(31)11-14-29-18-8-5-4-7-17(18)16-26-29/h4-5,7-8,10,12,15-16,19H,6,9,11,13-14H2,1-3H3/t19-/m0/s1. The number of aromatic nitrogens is 5. The smallest absolute Gasteiger partial charge is 0.225 e. The minimum atomic E-state index is -0.0529. The van der Waals surface area contributed by atoms with Gasteiger partial charge in [-0.25, -0.2) is 9.50 Å². The average Bonchev–Trinajstić information content (AvgIpc) is 3.49. The van der Waals surface area contributed by atoms with Gasteiger partial charge in [-0.1, -0.05) is 39.0 Å². The van der Waals surface area contributed by atoms with Gasteiger partial charge < -0.3 is 4.90 Å². The molecule has 0 aliphatic carbocycles. The fourth-order valence-corrected chi connectivity index (χ4v) is 4.45. The monoisotopic (exact) mass is 416 g/mol. The van der Waals surface area contributed by atoms with Crippen LogP contribution in [0.25, 0.3) is 16.6 Å². The fourth-order valence-electron chi connectivity index (χ4n) is 4.45. The largest absolute Gasteiger partial charge is 0.334 e. The molecule has 0 spiro atoms. The lowest BCUT2D eigenvalue weighted by molar-refractivity contribution is -0.132. The summed E-state index contributed by atoms with van der Waals surface area (Å²) in [4.78, 5) is 19.7. The van der Waals surface area contributed by atoms with Gasteiger partial charge in [0.1, 0.15) is 0 Å². The zero-order chi connectivity index (χ0) is 21.6. The van der Waals surface area contributed by atoms with E-state index >= 15 is 0 Å². The maximum Gasteiger partial charge on any atom is 0.225 e. The van der Waals surface area contributed by atoms with Crippen LogP contribution in [0.15, 0.2) is 48.8 Å². The predicted molar refractivity (Wildman–Crippen MR) is 120 cm³/mol. The molecule has 0 unspecified atom stereocenters. The molecule has 7 heteroatoms. The average molecular weight is 417 g/mol. The summed E-state index contributed by atoms with van der Waals surface area (Å²) in [6, 6.07) is 12.2. The van der Waals surface area contributed by atoms with Gasteiger partial charge in [0.25, 0.3) is 0 Å². The molecule has 31 heavy (non-hydrogen) atoms. The van der Waals surface area contributed by atoms with E-state index in [0.29, 0.717) is 13.0 Å². The number of carbonyl (C=O) groups is 1. The first-order valence-corrected chi connectivity index (χ1v) is 11.0. The summed E-state index contributed by atoms with van der Waals surface area (Å²) in [5.74, 6) is 0.162. The molecule has 1 fully saturated rings. The Morgan fingerprint density at radius 2 is 2.03 bits per heavy atom. The van der Waals surface area contributed by atoms with Gasteiger partial charge in [0.2, 0.25) is 5.91 Å². The lowest BCUT2D eigenvalue weighted by atomic mass is 9.93. The second-order valence-corrected chi connectivity index (χ2v) is 9.34. The van der Waals surface area contributed by atoms with Gasteiger partial charge in [-0.3, -0.25) is 9.48 Å². The third-order valence-corrected chi connectivity index (χ3v) is 6.16. The van der Waals surface area contributed by atoms with Crippen LogP contribution < -0.4 is 0 Å². The minimum Gasteiger partial charge on any atom is -0.334 e. The van der Waals surface area contributed by atoms with E-state index < -0.39 is 0 Å². The Hall–Kier alpha value is -3.22. The summed E-state index contributed by atoms with van der Waals surface area (Å²) in [7, 11) is 0. The third-order valence-electron chi connectivity index (χ3n) is 6.16. The highest BCUT2D eigenvalue weighted by Crippen LogP contribution is 2.33. The molecule has 7 nitrogen and oxygen atoms in total. The van der Waals surface area contributed by atoms with Gasteiger partial charge in [-0.2, -0.15) is 10.2 Å². The van der Waals surface area contributed by atoms with Crippen molar-refractivity contribution in [3.05, 3.63) is 60.2 Å². The van der Waals surface area contributed by atoms with Crippen LogP contribution >= 0.6 is 0 Å². The molecule has 0 N–H and O–H groups in total. The number of nitrogens with zero attached hydrogens (tertiary/aromatic N) is 6. The van der Waals surface area contributed by atoms with Crippen molar-refractivity contribution in [3.8, 4) is 0 Å². The lowest BCUT2D eigenvalue weighted by Gasteiger charge is -2.25. The topological polar surface area (TPSA) is 68.3 Å². The van der Waals surface area contributed by atoms with Crippen molar-refractivity contribution in [2.75, 3.05) is 6.54 Å². The van der Waals surface area contributed by atoms with Crippen molar-refractivity contribution in [2.24, 2.45) is 0 Å². The molecule has 1 amide bonds. The Labute approximate surface area is 181 Å². The summed E-state index contributed by atoms with van der Waals surface area (Å²) in [5.41, 5.74) is 3.90. The first-order valence-electron chi connectivity index (χ1n) is 11.0. The molecule has 160 valence electrons. The number of para-hydroxylation sites is 1. The van der Waals surface area contributed by atoms with Crippen LogP contribution in [0.2, 0.25) is 0 Å². The SMILES string of the molecule is CC(C)(C)c1cc2nccc([C@@H]3CCCN3C(=O)CCn3ncc4ccccc43)n2n1. The summed E-state index contributed by atoms with van der Waals surface area (Å²) in [6.45, 7) is 7.81. The van der Waals surface area contributed by atoms with E-state index in [1.807, 2.05) is 62.9 Å². The molecule has 3 aromatic heterocycles. The second kappa shape index (κ2) is 7.48. The first kappa shape index (κ1) is 19.7. The number of carbonyl (C=O) groups excluding carboxylic acids is 1. The van der Waals surface area contributed by atoms with E-state index in [0.717, 1.165) is 47.3 Å². The lowest BCUT2D eigenvalue weighted by Crippen LogP contribution is -2.32. The Kier molecular flexibility index (Phi) is 4.76. The van der Waals surface area contributed by atoms with Crippen molar-refractivity contribution >= 4 is 22.5 Å². The van der Waals surface area contributed by atoms with Gasteiger partial charge in [-0.05, 0) is 25.0 Å². The normalized spacial score (nSPS) is 17.1. The molecule has 4 heterocycles. The number of amides is 1. The van der Waals surface area contributed by atoms with E-state index in [2.05, 4.69) is 30.9 Å². The van der Waals surface area contributed by atoms with Crippen LogP contribution in [0.3, 0.4) is 0 Å². The zero-order valence-corrected chi connectivity index (χ0v) is 18.3. The highest BCUT2D eigenvalue weighted by Gasteiger charge is 2.32. The van der Waals surface area contributed by atoms with E-state index in [-0.39, 0.29) is 17.4 Å². The molecule has 1 aromatic carbocycles. The Morgan fingerprint density at radius 3 is 2.87 bits per heavy atom. The number of likely N-dealkylation sites (tertiary alicyclic amines) is 1. The summed E-state index contributed by atoms with van der Waals surface area (Å²) >= 11 is 0. The Morgan fingerprint density at radius 1 is 1.19 bits per heavy atom. The van der Waals surface area contributed by atoms with Crippen molar-refractivity contribution in [3.63, 3.8) is 0 Å². The third kappa shape index (κ3) is 3.58. The van der Waals surface area contributed by atoms with Crippen LogP contribution in [0, 0.1) is 0 Å². The highest BCUT2D eigenvalue weighted by atomic mass is 16.2. The first-order chi connectivity index (χ1) is 14.9. The van der Waals surface area contributed by atoms with E-state index in [1.165, 1.54) is 0 Å². The molecule has 1 aliphatic rings. The molecule has 1 saturated heterocycles. The van der Waals surface area contributed by atoms with Crippen molar-refractivity contribution < 1.29 is 4.79 Å². The van der Waals surface area contributed by atoms with Crippen LogP contribution in [0.5, 0.6) is 0 Å². The van der Waals surface area contributed by atoms with Gasteiger partial charge in [-0.15, -0.1) is 0 Å². The highest BCUT2D eigenvalue weighted by molar-refractivity contribution is 5.79. The van der Waals surface area contributed by atoms with E-state index in [9.17, 15) is 4.79 Å². The number of rotatable bonds is 4. The van der Waals surface area contributed by atoms with Crippen molar-refractivity contribution in [2.45, 2.75) is 58.0 Å². The molecule has 1 atom stereocenters.